The zero-order valence-electron chi connectivity index (χ0n) is 12.8. The summed E-state index contributed by atoms with van der Waals surface area (Å²) in [6, 6.07) is 10.6. The Morgan fingerprint density at radius 3 is 2.64 bits per heavy atom. The highest BCUT2D eigenvalue weighted by Crippen LogP contribution is 2.42. The van der Waals surface area contributed by atoms with Crippen molar-refractivity contribution in [3.05, 3.63) is 52.2 Å². The fraction of sp³-hybridized carbons (Fsp3) is 0.333. The van der Waals surface area contributed by atoms with Crippen LogP contribution in [0, 0.1) is 13.8 Å². The number of benzene rings is 1. The maximum Gasteiger partial charge on any atom is 0.134 e. The second kappa shape index (κ2) is 5.67. The average Bonchev–Trinajstić information content (AvgIpc) is 3.34. The summed E-state index contributed by atoms with van der Waals surface area (Å²) in [5.74, 6) is 2.62. The topological polar surface area (TPSA) is 25.8 Å². The summed E-state index contributed by atoms with van der Waals surface area (Å²) in [6.45, 7) is 4.38. The highest BCUT2D eigenvalue weighted by atomic mass is 32.2. The molecular weight excluding hydrogens is 308 g/mol. The Hall–Kier alpha value is -1.39. The largest absolute Gasteiger partial charge is 0.226 e. The Morgan fingerprint density at radius 2 is 1.91 bits per heavy atom. The van der Waals surface area contributed by atoms with E-state index in [1.165, 1.54) is 39.1 Å². The van der Waals surface area contributed by atoms with Crippen molar-refractivity contribution in [3.63, 3.8) is 0 Å². The van der Waals surface area contributed by atoms with E-state index in [0.717, 1.165) is 16.6 Å². The second-order valence-corrected chi connectivity index (χ2v) is 8.07. The molecule has 1 aliphatic carbocycles. The molecule has 0 aliphatic heterocycles. The predicted molar refractivity (Wildman–Crippen MR) is 94.9 cm³/mol. The SMILES string of the molecule is Cc1sc2nc(C3CC3)nc(SCc3ccccc3)c2c1C. The minimum atomic E-state index is 0.600. The minimum absolute atomic E-state index is 0.600. The fourth-order valence-electron chi connectivity index (χ4n) is 2.58. The molecule has 1 aliphatic rings. The van der Waals surface area contributed by atoms with E-state index < -0.39 is 0 Å². The molecule has 1 saturated carbocycles. The van der Waals surface area contributed by atoms with Gasteiger partial charge in [0.2, 0.25) is 0 Å². The standard InChI is InChI=1S/C18H18N2S2/c1-11-12(2)22-18-15(11)17(19-16(20-18)14-8-9-14)21-10-13-6-4-3-5-7-13/h3-7,14H,8-10H2,1-2H3. The molecule has 0 radical (unpaired) electrons. The molecule has 2 heterocycles. The molecule has 22 heavy (non-hydrogen) atoms. The van der Waals surface area contributed by atoms with Crippen molar-refractivity contribution in [1.29, 1.82) is 0 Å². The summed E-state index contributed by atoms with van der Waals surface area (Å²) in [6.07, 6.45) is 2.50. The fourth-order valence-corrected chi connectivity index (χ4v) is 4.73. The van der Waals surface area contributed by atoms with Gasteiger partial charge in [-0.15, -0.1) is 23.1 Å². The van der Waals surface area contributed by atoms with Crippen LogP contribution < -0.4 is 0 Å². The Balaban J connectivity index is 1.73. The van der Waals surface area contributed by atoms with Crippen molar-refractivity contribution in [2.24, 2.45) is 0 Å². The van der Waals surface area contributed by atoms with Gasteiger partial charge in [-0.2, -0.15) is 0 Å². The highest BCUT2D eigenvalue weighted by molar-refractivity contribution is 7.98. The summed E-state index contributed by atoms with van der Waals surface area (Å²) in [5.41, 5.74) is 2.69. The molecule has 0 atom stereocenters. The molecule has 4 heteroatoms. The predicted octanol–water partition coefficient (Wildman–Crippen LogP) is 5.48. The first kappa shape index (κ1) is 14.2. The zero-order chi connectivity index (χ0) is 15.1. The third-order valence-electron chi connectivity index (χ3n) is 4.17. The van der Waals surface area contributed by atoms with Gasteiger partial charge in [-0.25, -0.2) is 9.97 Å². The van der Waals surface area contributed by atoms with Crippen LogP contribution in [-0.2, 0) is 5.75 Å². The van der Waals surface area contributed by atoms with Gasteiger partial charge in [0.25, 0.3) is 0 Å². The van der Waals surface area contributed by atoms with Crippen molar-refractivity contribution in [3.8, 4) is 0 Å². The number of aryl methyl sites for hydroxylation is 2. The van der Waals surface area contributed by atoms with Crippen molar-refractivity contribution in [1.82, 2.24) is 9.97 Å². The first-order valence-corrected chi connectivity index (χ1v) is 9.47. The number of thioether (sulfide) groups is 1. The van der Waals surface area contributed by atoms with Gasteiger partial charge in [0.15, 0.2) is 0 Å². The van der Waals surface area contributed by atoms with Crippen LogP contribution in [0.1, 0.15) is 40.6 Å². The summed E-state index contributed by atoms with van der Waals surface area (Å²) in [4.78, 5) is 12.3. The molecular formula is C18H18N2S2. The third-order valence-corrected chi connectivity index (χ3v) is 6.32. The molecule has 0 amide bonds. The molecule has 1 aromatic carbocycles. The lowest BCUT2D eigenvalue weighted by atomic mass is 10.2. The molecule has 0 bridgehead atoms. The number of nitrogens with zero attached hydrogens (tertiary/aromatic N) is 2. The molecule has 2 aromatic heterocycles. The monoisotopic (exact) mass is 326 g/mol. The van der Waals surface area contributed by atoms with Crippen LogP contribution in [0.2, 0.25) is 0 Å². The lowest BCUT2D eigenvalue weighted by molar-refractivity contribution is 0.907. The van der Waals surface area contributed by atoms with Gasteiger partial charge in [0, 0.05) is 21.9 Å². The lowest BCUT2D eigenvalue weighted by Gasteiger charge is -2.06. The summed E-state index contributed by atoms with van der Waals surface area (Å²) < 4.78 is 0. The van der Waals surface area contributed by atoms with Crippen molar-refractivity contribution >= 4 is 33.3 Å². The van der Waals surface area contributed by atoms with Gasteiger partial charge >= 0.3 is 0 Å². The van der Waals surface area contributed by atoms with Gasteiger partial charge in [0.05, 0.1) is 0 Å². The summed E-state index contributed by atoms with van der Waals surface area (Å²) in [5, 5.41) is 2.44. The number of fused-ring (bicyclic) bond motifs is 1. The van der Waals surface area contributed by atoms with Crippen molar-refractivity contribution in [2.45, 2.75) is 43.4 Å². The van der Waals surface area contributed by atoms with E-state index in [4.69, 9.17) is 9.97 Å². The van der Waals surface area contributed by atoms with Crippen LogP contribution in [0.15, 0.2) is 35.4 Å². The van der Waals surface area contributed by atoms with E-state index in [2.05, 4.69) is 44.2 Å². The molecule has 0 N–H and O–H groups in total. The first-order chi connectivity index (χ1) is 10.7. The quantitative estimate of drug-likeness (QED) is 0.469. The normalized spacial score (nSPS) is 14.6. The van der Waals surface area contributed by atoms with Gasteiger partial charge in [-0.1, -0.05) is 30.3 Å². The van der Waals surface area contributed by atoms with E-state index in [9.17, 15) is 0 Å². The van der Waals surface area contributed by atoms with Crippen LogP contribution in [-0.4, -0.2) is 9.97 Å². The minimum Gasteiger partial charge on any atom is -0.226 e. The molecule has 3 aromatic rings. The van der Waals surface area contributed by atoms with Gasteiger partial charge in [-0.3, -0.25) is 0 Å². The molecule has 2 nitrogen and oxygen atoms in total. The second-order valence-electron chi connectivity index (χ2n) is 5.90. The van der Waals surface area contributed by atoms with Gasteiger partial charge in [-0.05, 0) is 37.8 Å². The van der Waals surface area contributed by atoms with Crippen LogP contribution in [0.25, 0.3) is 10.2 Å². The molecule has 1 fully saturated rings. The Kier molecular flexibility index (Phi) is 3.66. The van der Waals surface area contributed by atoms with Crippen LogP contribution in [0.3, 0.4) is 0 Å². The number of hydrogen-bond donors (Lipinski definition) is 0. The van der Waals surface area contributed by atoms with Gasteiger partial charge in [0.1, 0.15) is 15.7 Å². The Morgan fingerprint density at radius 1 is 1.14 bits per heavy atom. The van der Waals surface area contributed by atoms with Gasteiger partial charge < -0.3 is 0 Å². The van der Waals surface area contributed by atoms with Crippen LogP contribution >= 0.6 is 23.1 Å². The smallest absolute Gasteiger partial charge is 0.134 e. The maximum absolute atomic E-state index is 4.91. The molecule has 0 spiro atoms. The van der Waals surface area contributed by atoms with Crippen molar-refractivity contribution < 1.29 is 0 Å². The van der Waals surface area contributed by atoms with E-state index in [1.54, 1.807) is 0 Å². The van der Waals surface area contributed by atoms with E-state index in [-0.39, 0.29) is 0 Å². The van der Waals surface area contributed by atoms with E-state index >= 15 is 0 Å². The Labute approximate surface area is 139 Å². The van der Waals surface area contributed by atoms with E-state index in [1.807, 2.05) is 23.1 Å². The van der Waals surface area contributed by atoms with Crippen LogP contribution in [0.4, 0.5) is 0 Å². The average molecular weight is 326 g/mol. The number of rotatable bonds is 4. The summed E-state index contributed by atoms with van der Waals surface area (Å²) >= 11 is 3.65. The molecule has 4 rings (SSSR count). The molecule has 112 valence electrons. The summed E-state index contributed by atoms with van der Waals surface area (Å²) in [7, 11) is 0. The Bertz CT molecular complexity index is 820. The maximum atomic E-state index is 4.91. The number of thiophene rings is 1. The first-order valence-electron chi connectivity index (χ1n) is 7.66. The zero-order valence-corrected chi connectivity index (χ0v) is 14.4. The number of aromatic nitrogens is 2. The lowest BCUT2D eigenvalue weighted by Crippen LogP contribution is -1.95. The molecule has 0 unspecified atom stereocenters. The molecule has 0 saturated heterocycles. The van der Waals surface area contributed by atoms with E-state index in [0.29, 0.717) is 5.92 Å². The third kappa shape index (κ3) is 2.66. The highest BCUT2D eigenvalue weighted by Gasteiger charge is 2.28. The number of hydrogen-bond acceptors (Lipinski definition) is 4. The van der Waals surface area contributed by atoms with Crippen LogP contribution in [0.5, 0.6) is 0 Å². The van der Waals surface area contributed by atoms with Crippen molar-refractivity contribution in [2.75, 3.05) is 0 Å².